The first-order valence-electron chi connectivity index (χ1n) is 6.57. The van der Waals surface area contributed by atoms with Crippen LogP contribution in [-0.4, -0.2) is 22.6 Å². The van der Waals surface area contributed by atoms with Gasteiger partial charge in [0.15, 0.2) is 0 Å². The van der Waals surface area contributed by atoms with Crippen LogP contribution < -0.4 is 5.32 Å². The molecule has 2 aromatic heterocycles. The van der Waals surface area contributed by atoms with Crippen LogP contribution in [0.4, 0.5) is 0 Å². The normalized spacial score (nSPS) is 9.81. The lowest BCUT2D eigenvalue weighted by Gasteiger charge is -2.06. The van der Waals surface area contributed by atoms with E-state index in [2.05, 4.69) is 22.1 Å². The number of aromatic nitrogens is 1. The minimum Gasteiger partial charge on any atom is -0.395 e. The standard InChI is InChI=1S/C16H16N2O2S/c1-12-6-9-21-15(12)11-18-16(20)14-5-7-17-10-13(14)4-2-3-8-19/h5-7,9-10,19H,3,8,11H2,1H3,(H,18,20). The average Bonchev–Trinajstić information content (AvgIpc) is 2.91. The van der Waals surface area contributed by atoms with Gasteiger partial charge >= 0.3 is 0 Å². The van der Waals surface area contributed by atoms with Gasteiger partial charge < -0.3 is 10.4 Å². The fourth-order valence-corrected chi connectivity index (χ4v) is 2.59. The molecule has 0 aliphatic rings. The van der Waals surface area contributed by atoms with E-state index in [1.807, 2.05) is 18.4 Å². The maximum atomic E-state index is 12.3. The Morgan fingerprint density at radius 1 is 1.48 bits per heavy atom. The molecule has 0 radical (unpaired) electrons. The molecule has 0 saturated carbocycles. The summed E-state index contributed by atoms with van der Waals surface area (Å²) in [7, 11) is 0. The van der Waals surface area contributed by atoms with Gasteiger partial charge in [0, 0.05) is 23.7 Å². The molecule has 1 amide bonds. The third-order valence-corrected chi connectivity index (χ3v) is 3.93. The number of hydrogen-bond donors (Lipinski definition) is 2. The number of aryl methyl sites for hydroxylation is 1. The summed E-state index contributed by atoms with van der Waals surface area (Å²) in [6.45, 7) is 2.54. The number of aliphatic hydroxyl groups excluding tert-OH is 1. The first-order valence-corrected chi connectivity index (χ1v) is 7.45. The maximum absolute atomic E-state index is 12.3. The highest BCUT2D eigenvalue weighted by Crippen LogP contribution is 2.15. The van der Waals surface area contributed by atoms with Crippen molar-refractivity contribution in [3.05, 3.63) is 51.5 Å². The maximum Gasteiger partial charge on any atom is 0.252 e. The molecule has 0 aliphatic heterocycles. The van der Waals surface area contributed by atoms with E-state index in [4.69, 9.17) is 5.11 Å². The van der Waals surface area contributed by atoms with E-state index in [9.17, 15) is 4.79 Å². The van der Waals surface area contributed by atoms with Crippen molar-refractivity contribution in [1.82, 2.24) is 10.3 Å². The van der Waals surface area contributed by atoms with Gasteiger partial charge in [0.25, 0.3) is 5.91 Å². The molecule has 0 atom stereocenters. The molecular formula is C16H16N2O2S. The Bertz CT molecular complexity index is 683. The summed E-state index contributed by atoms with van der Waals surface area (Å²) in [5, 5.41) is 13.7. The fourth-order valence-electron chi connectivity index (χ4n) is 1.75. The summed E-state index contributed by atoms with van der Waals surface area (Å²) in [4.78, 5) is 17.4. The molecular weight excluding hydrogens is 284 g/mol. The highest BCUT2D eigenvalue weighted by atomic mass is 32.1. The van der Waals surface area contributed by atoms with Gasteiger partial charge in [-0.15, -0.1) is 11.3 Å². The molecule has 2 aromatic rings. The Labute approximate surface area is 127 Å². The van der Waals surface area contributed by atoms with Crippen LogP contribution in [0.15, 0.2) is 29.9 Å². The molecule has 5 heteroatoms. The van der Waals surface area contributed by atoms with Crippen LogP contribution in [0.1, 0.15) is 32.8 Å². The number of rotatable bonds is 4. The lowest BCUT2D eigenvalue weighted by Crippen LogP contribution is -2.23. The second kappa shape index (κ2) is 7.58. The van der Waals surface area contributed by atoms with Gasteiger partial charge in [0.1, 0.15) is 0 Å². The third-order valence-electron chi connectivity index (χ3n) is 2.90. The van der Waals surface area contributed by atoms with E-state index in [1.54, 1.807) is 29.8 Å². The largest absolute Gasteiger partial charge is 0.395 e. The Morgan fingerprint density at radius 2 is 2.33 bits per heavy atom. The Kier molecular flexibility index (Phi) is 5.50. The summed E-state index contributed by atoms with van der Waals surface area (Å²) in [6, 6.07) is 3.68. The van der Waals surface area contributed by atoms with Gasteiger partial charge in [0.05, 0.1) is 24.3 Å². The van der Waals surface area contributed by atoms with E-state index in [0.29, 0.717) is 24.1 Å². The highest BCUT2D eigenvalue weighted by Gasteiger charge is 2.10. The molecule has 108 valence electrons. The molecule has 2 rings (SSSR count). The quantitative estimate of drug-likeness (QED) is 0.850. The number of nitrogens with zero attached hydrogens (tertiary/aromatic N) is 1. The molecule has 0 aromatic carbocycles. The van der Waals surface area contributed by atoms with Crippen LogP contribution in [-0.2, 0) is 6.54 Å². The molecule has 2 N–H and O–H groups in total. The topological polar surface area (TPSA) is 62.2 Å². The van der Waals surface area contributed by atoms with Crippen molar-refractivity contribution >= 4 is 17.2 Å². The minimum atomic E-state index is -0.168. The van der Waals surface area contributed by atoms with E-state index in [1.165, 1.54) is 5.56 Å². The number of aliphatic hydroxyl groups is 1. The Morgan fingerprint density at radius 3 is 3.05 bits per heavy atom. The van der Waals surface area contributed by atoms with Crippen LogP contribution in [0.2, 0.25) is 0 Å². The van der Waals surface area contributed by atoms with Crippen molar-refractivity contribution in [3.8, 4) is 11.8 Å². The zero-order valence-electron chi connectivity index (χ0n) is 11.7. The minimum absolute atomic E-state index is 0.00640. The predicted octanol–water partition coefficient (Wildman–Crippen LogP) is 2.12. The van der Waals surface area contributed by atoms with E-state index >= 15 is 0 Å². The highest BCUT2D eigenvalue weighted by molar-refractivity contribution is 7.10. The number of hydrogen-bond acceptors (Lipinski definition) is 4. The molecule has 0 unspecified atom stereocenters. The number of carbonyl (C=O) groups excluding carboxylic acids is 1. The molecule has 4 nitrogen and oxygen atoms in total. The second-order valence-electron chi connectivity index (χ2n) is 4.41. The summed E-state index contributed by atoms with van der Waals surface area (Å²) >= 11 is 1.62. The summed E-state index contributed by atoms with van der Waals surface area (Å²) in [5.41, 5.74) is 2.26. The van der Waals surface area contributed by atoms with Crippen molar-refractivity contribution in [2.75, 3.05) is 6.61 Å². The van der Waals surface area contributed by atoms with E-state index in [0.717, 1.165) is 4.88 Å². The van der Waals surface area contributed by atoms with Gasteiger partial charge in [0.2, 0.25) is 0 Å². The van der Waals surface area contributed by atoms with Crippen LogP contribution in [0.25, 0.3) is 0 Å². The van der Waals surface area contributed by atoms with Gasteiger partial charge in [-0.05, 0) is 30.0 Å². The van der Waals surface area contributed by atoms with Crippen molar-refractivity contribution in [3.63, 3.8) is 0 Å². The third kappa shape index (κ3) is 4.15. The Balaban J connectivity index is 2.09. The molecule has 0 spiro atoms. The van der Waals surface area contributed by atoms with Gasteiger partial charge in [-0.25, -0.2) is 0 Å². The fraction of sp³-hybridized carbons (Fsp3) is 0.250. The molecule has 0 aliphatic carbocycles. The summed E-state index contributed by atoms with van der Waals surface area (Å²) < 4.78 is 0. The predicted molar refractivity (Wildman–Crippen MR) is 83.0 cm³/mol. The van der Waals surface area contributed by atoms with Crippen LogP contribution in [0, 0.1) is 18.8 Å². The molecule has 0 bridgehead atoms. The molecule has 2 heterocycles. The number of thiophene rings is 1. The van der Waals surface area contributed by atoms with Crippen molar-refractivity contribution in [2.24, 2.45) is 0 Å². The monoisotopic (exact) mass is 300 g/mol. The SMILES string of the molecule is Cc1ccsc1CNC(=O)c1ccncc1C#CCCO. The molecule has 21 heavy (non-hydrogen) atoms. The van der Waals surface area contributed by atoms with Crippen molar-refractivity contribution < 1.29 is 9.90 Å². The number of carbonyl (C=O) groups is 1. The zero-order valence-corrected chi connectivity index (χ0v) is 12.5. The number of nitrogens with one attached hydrogen (secondary N) is 1. The van der Waals surface area contributed by atoms with Crippen LogP contribution in [0.5, 0.6) is 0 Å². The zero-order chi connectivity index (χ0) is 15.1. The second-order valence-corrected chi connectivity index (χ2v) is 5.41. The summed E-state index contributed by atoms with van der Waals surface area (Å²) in [5.74, 6) is 5.51. The first kappa shape index (κ1) is 15.2. The average molecular weight is 300 g/mol. The van der Waals surface area contributed by atoms with Gasteiger partial charge in [-0.3, -0.25) is 9.78 Å². The van der Waals surface area contributed by atoms with E-state index < -0.39 is 0 Å². The number of amides is 1. The first-order chi connectivity index (χ1) is 10.2. The Hall–Kier alpha value is -2.16. The summed E-state index contributed by atoms with van der Waals surface area (Å²) in [6.07, 6.45) is 3.52. The van der Waals surface area contributed by atoms with Crippen molar-refractivity contribution in [1.29, 1.82) is 0 Å². The van der Waals surface area contributed by atoms with Gasteiger partial charge in [-0.2, -0.15) is 0 Å². The van der Waals surface area contributed by atoms with Crippen molar-refractivity contribution in [2.45, 2.75) is 19.9 Å². The molecule has 0 saturated heterocycles. The van der Waals surface area contributed by atoms with E-state index in [-0.39, 0.29) is 12.5 Å². The smallest absolute Gasteiger partial charge is 0.252 e. The lowest BCUT2D eigenvalue weighted by atomic mass is 10.1. The number of pyridine rings is 1. The van der Waals surface area contributed by atoms with Gasteiger partial charge in [-0.1, -0.05) is 11.8 Å². The lowest BCUT2D eigenvalue weighted by molar-refractivity contribution is 0.0951. The van der Waals surface area contributed by atoms with Crippen LogP contribution >= 0.6 is 11.3 Å². The molecule has 0 fully saturated rings. The van der Waals surface area contributed by atoms with Crippen LogP contribution in [0.3, 0.4) is 0 Å².